The molecule has 1 fully saturated rings. The van der Waals surface area contributed by atoms with Gasteiger partial charge in [0, 0.05) is 18.6 Å². The van der Waals surface area contributed by atoms with Crippen LogP contribution in [-0.2, 0) is 4.74 Å². The highest BCUT2D eigenvalue weighted by Crippen LogP contribution is 2.19. The number of nitrogens with zero attached hydrogens (tertiary/aromatic N) is 1. The summed E-state index contributed by atoms with van der Waals surface area (Å²) in [7, 11) is 0. The van der Waals surface area contributed by atoms with Crippen molar-refractivity contribution in [3.8, 4) is 0 Å². The highest BCUT2D eigenvalue weighted by Gasteiger charge is 2.23. The van der Waals surface area contributed by atoms with Gasteiger partial charge >= 0.3 is 5.97 Å². The molecule has 0 amide bonds. The summed E-state index contributed by atoms with van der Waals surface area (Å²) in [4.78, 5) is 14.4. The molecular weight excluding hydrogens is 212 g/mol. The summed E-state index contributed by atoms with van der Waals surface area (Å²) in [5.41, 5.74) is -0.0858. The molecule has 1 saturated heterocycles. The number of aromatic nitrogens is 1. The first-order valence-corrected chi connectivity index (χ1v) is 5.20. The zero-order valence-corrected chi connectivity index (χ0v) is 8.97. The number of oxazole rings is 1. The van der Waals surface area contributed by atoms with E-state index in [9.17, 15) is 4.79 Å². The molecule has 0 bridgehead atoms. The second-order valence-corrected chi connectivity index (χ2v) is 3.90. The zero-order valence-electron chi connectivity index (χ0n) is 8.97. The van der Waals surface area contributed by atoms with Crippen molar-refractivity contribution in [1.82, 2.24) is 4.98 Å². The predicted molar refractivity (Wildman–Crippen MR) is 55.5 cm³/mol. The Hall–Kier alpha value is -1.56. The molecule has 1 aliphatic heterocycles. The molecule has 2 N–H and O–H groups in total. The van der Waals surface area contributed by atoms with Crippen molar-refractivity contribution in [2.24, 2.45) is 5.92 Å². The first-order valence-electron chi connectivity index (χ1n) is 5.20. The smallest absolute Gasteiger partial charge is 0.357 e. The summed E-state index contributed by atoms with van der Waals surface area (Å²) < 4.78 is 10.3. The number of ether oxygens (including phenoxy) is 1. The van der Waals surface area contributed by atoms with Crippen LogP contribution in [0.2, 0.25) is 0 Å². The minimum Gasteiger partial charge on any atom is -0.476 e. The molecule has 2 unspecified atom stereocenters. The Morgan fingerprint density at radius 3 is 3.12 bits per heavy atom. The van der Waals surface area contributed by atoms with Crippen molar-refractivity contribution >= 4 is 12.0 Å². The van der Waals surface area contributed by atoms with Crippen molar-refractivity contribution in [2.75, 3.05) is 18.5 Å². The first kappa shape index (κ1) is 10.9. The van der Waals surface area contributed by atoms with Crippen LogP contribution >= 0.6 is 0 Å². The lowest BCUT2D eigenvalue weighted by molar-refractivity contribution is 0.0690. The summed E-state index contributed by atoms with van der Waals surface area (Å²) in [6.07, 6.45) is 2.13. The summed E-state index contributed by atoms with van der Waals surface area (Å²) in [6.45, 7) is 3.51. The second-order valence-electron chi connectivity index (χ2n) is 3.90. The second kappa shape index (κ2) is 4.52. The number of aromatic carboxylic acids is 1. The molecule has 0 spiro atoms. The molecule has 2 atom stereocenters. The molecule has 16 heavy (non-hydrogen) atoms. The van der Waals surface area contributed by atoms with Crippen LogP contribution in [0.1, 0.15) is 23.8 Å². The predicted octanol–water partition coefficient (Wildman–Crippen LogP) is 1.21. The molecule has 0 aliphatic carbocycles. The molecule has 6 heteroatoms. The summed E-state index contributed by atoms with van der Waals surface area (Å²) >= 11 is 0. The van der Waals surface area contributed by atoms with Gasteiger partial charge in [-0.05, 0) is 13.3 Å². The van der Waals surface area contributed by atoms with Crippen LogP contribution in [0, 0.1) is 5.92 Å². The molecule has 2 heterocycles. The van der Waals surface area contributed by atoms with E-state index in [1.807, 2.05) is 6.92 Å². The van der Waals surface area contributed by atoms with Gasteiger partial charge in [0.25, 0.3) is 6.01 Å². The van der Waals surface area contributed by atoms with E-state index < -0.39 is 5.97 Å². The fourth-order valence-corrected chi connectivity index (χ4v) is 1.70. The van der Waals surface area contributed by atoms with Crippen molar-refractivity contribution in [2.45, 2.75) is 19.4 Å². The number of carboxylic acids is 1. The minimum absolute atomic E-state index is 0.0858. The van der Waals surface area contributed by atoms with Gasteiger partial charge in [-0.1, -0.05) is 0 Å². The fraction of sp³-hybridized carbons (Fsp3) is 0.600. The third kappa shape index (κ3) is 2.33. The maximum Gasteiger partial charge on any atom is 0.357 e. The molecule has 6 nitrogen and oxygen atoms in total. The van der Waals surface area contributed by atoms with E-state index >= 15 is 0 Å². The number of nitrogens with one attached hydrogen (secondary N) is 1. The maximum absolute atomic E-state index is 10.6. The molecule has 0 radical (unpaired) electrons. The van der Waals surface area contributed by atoms with E-state index in [-0.39, 0.29) is 17.8 Å². The topological polar surface area (TPSA) is 84.6 Å². The van der Waals surface area contributed by atoms with Gasteiger partial charge in [-0.25, -0.2) is 4.79 Å². The lowest BCUT2D eigenvalue weighted by atomic mass is 10.0. The Balaban J connectivity index is 1.94. The lowest BCUT2D eigenvalue weighted by Gasteiger charge is -2.17. The van der Waals surface area contributed by atoms with Gasteiger partial charge in [0.2, 0.25) is 0 Å². The average Bonchev–Trinajstić information content (AvgIpc) is 2.87. The van der Waals surface area contributed by atoms with Crippen molar-refractivity contribution in [3.05, 3.63) is 12.0 Å². The van der Waals surface area contributed by atoms with Gasteiger partial charge in [-0.2, -0.15) is 4.98 Å². The minimum atomic E-state index is -1.09. The summed E-state index contributed by atoms with van der Waals surface area (Å²) in [5.74, 6) is -0.672. The Kier molecular flexibility index (Phi) is 3.09. The quantitative estimate of drug-likeness (QED) is 0.802. The largest absolute Gasteiger partial charge is 0.476 e. The van der Waals surface area contributed by atoms with E-state index in [0.717, 1.165) is 25.9 Å². The Morgan fingerprint density at radius 2 is 2.56 bits per heavy atom. The standard InChI is InChI=1S/C10H14N2O4/c1-6(7-2-3-15-4-7)11-10-12-8(5-16-10)9(13)14/h5-7H,2-4H2,1H3,(H,11,12)(H,13,14). The van der Waals surface area contributed by atoms with Crippen LogP contribution < -0.4 is 5.32 Å². The van der Waals surface area contributed by atoms with Crippen molar-refractivity contribution < 1.29 is 19.1 Å². The third-order valence-corrected chi connectivity index (χ3v) is 2.75. The van der Waals surface area contributed by atoms with E-state index in [1.54, 1.807) is 0 Å². The number of carboxylic acid groups (broad SMARTS) is 1. The van der Waals surface area contributed by atoms with Crippen molar-refractivity contribution in [3.63, 3.8) is 0 Å². The Morgan fingerprint density at radius 1 is 1.75 bits per heavy atom. The molecule has 0 aromatic carbocycles. The molecule has 88 valence electrons. The van der Waals surface area contributed by atoms with Crippen molar-refractivity contribution in [1.29, 1.82) is 0 Å². The van der Waals surface area contributed by atoms with Gasteiger partial charge in [0.15, 0.2) is 5.69 Å². The highest BCUT2D eigenvalue weighted by molar-refractivity contribution is 5.85. The Labute approximate surface area is 92.6 Å². The van der Waals surface area contributed by atoms with Crippen LogP contribution in [0.4, 0.5) is 6.01 Å². The molecule has 1 aromatic rings. The number of carbonyl (C=O) groups is 1. The van der Waals surface area contributed by atoms with Crippen LogP contribution in [0.15, 0.2) is 10.7 Å². The SMILES string of the molecule is CC(Nc1nc(C(=O)O)co1)C1CCOC1. The number of hydrogen-bond acceptors (Lipinski definition) is 5. The van der Waals surface area contributed by atoms with Gasteiger partial charge in [-0.3, -0.25) is 0 Å². The fourth-order valence-electron chi connectivity index (χ4n) is 1.70. The number of hydrogen-bond donors (Lipinski definition) is 2. The monoisotopic (exact) mass is 226 g/mol. The van der Waals surface area contributed by atoms with E-state index in [1.165, 1.54) is 0 Å². The maximum atomic E-state index is 10.6. The van der Waals surface area contributed by atoms with Gasteiger partial charge in [0.05, 0.1) is 6.61 Å². The zero-order chi connectivity index (χ0) is 11.5. The molecule has 1 aliphatic rings. The lowest BCUT2D eigenvalue weighted by Crippen LogP contribution is -2.26. The summed E-state index contributed by atoms with van der Waals surface area (Å²) in [6, 6.07) is 0.402. The first-order chi connectivity index (χ1) is 7.66. The normalized spacial score (nSPS) is 21.9. The third-order valence-electron chi connectivity index (χ3n) is 2.75. The van der Waals surface area contributed by atoms with Gasteiger partial charge < -0.3 is 19.6 Å². The Bertz CT molecular complexity index is 371. The van der Waals surface area contributed by atoms with Crippen LogP contribution in [-0.4, -0.2) is 35.3 Å². The van der Waals surface area contributed by atoms with E-state index in [2.05, 4.69) is 10.3 Å². The number of rotatable bonds is 4. The number of anilines is 1. The molecule has 2 rings (SSSR count). The summed E-state index contributed by atoms with van der Waals surface area (Å²) in [5, 5.41) is 11.7. The van der Waals surface area contributed by atoms with Crippen LogP contribution in [0.3, 0.4) is 0 Å². The van der Waals surface area contributed by atoms with E-state index in [0.29, 0.717) is 5.92 Å². The van der Waals surface area contributed by atoms with Gasteiger partial charge in [-0.15, -0.1) is 0 Å². The van der Waals surface area contributed by atoms with Crippen LogP contribution in [0.25, 0.3) is 0 Å². The molecular formula is C10H14N2O4. The van der Waals surface area contributed by atoms with E-state index in [4.69, 9.17) is 14.3 Å². The average molecular weight is 226 g/mol. The van der Waals surface area contributed by atoms with Gasteiger partial charge in [0.1, 0.15) is 6.26 Å². The molecule has 1 aromatic heterocycles. The van der Waals surface area contributed by atoms with Crippen LogP contribution in [0.5, 0.6) is 0 Å². The highest BCUT2D eigenvalue weighted by atomic mass is 16.5. The molecule has 0 saturated carbocycles.